The van der Waals surface area contributed by atoms with Crippen LogP contribution < -0.4 is 10.1 Å². The molecule has 0 aromatic heterocycles. The Balaban J connectivity index is 1.76. The van der Waals surface area contributed by atoms with Crippen molar-refractivity contribution < 1.29 is 14.3 Å². The molecule has 1 atom stereocenters. The third-order valence-corrected chi connectivity index (χ3v) is 6.90. The first-order valence-electron chi connectivity index (χ1n) is 12.2. The van der Waals surface area contributed by atoms with Gasteiger partial charge in [0, 0.05) is 17.1 Å². The Morgan fingerprint density at radius 2 is 1.79 bits per heavy atom. The normalized spacial score (nSPS) is 15.4. The van der Waals surface area contributed by atoms with Crippen molar-refractivity contribution in [3.8, 4) is 5.75 Å². The lowest BCUT2D eigenvalue weighted by Gasteiger charge is -2.31. The van der Waals surface area contributed by atoms with Crippen LogP contribution in [0.3, 0.4) is 0 Å². The van der Waals surface area contributed by atoms with Crippen LogP contribution in [0.1, 0.15) is 70.9 Å². The summed E-state index contributed by atoms with van der Waals surface area (Å²) in [6, 6.07) is 15.2. The van der Waals surface area contributed by atoms with E-state index >= 15 is 0 Å². The molecule has 2 amide bonds. The van der Waals surface area contributed by atoms with Crippen LogP contribution in [0.5, 0.6) is 5.75 Å². The van der Waals surface area contributed by atoms with Crippen molar-refractivity contribution in [2.75, 3.05) is 6.61 Å². The number of amides is 2. The van der Waals surface area contributed by atoms with Gasteiger partial charge in [-0.05, 0) is 54.5 Å². The Morgan fingerprint density at radius 3 is 2.47 bits per heavy atom. The van der Waals surface area contributed by atoms with Crippen LogP contribution in [0.25, 0.3) is 0 Å². The molecule has 0 aliphatic heterocycles. The Labute approximate surface area is 212 Å². The minimum atomic E-state index is -0.602. The number of rotatable bonds is 8. The maximum atomic E-state index is 13.4. The van der Waals surface area contributed by atoms with E-state index in [-0.39, 0.29) is 29.9 Å². The highest BCUT2D eigenvalue weighted by atomic mass is 79.9. The second-order valence-electron chi connectivity index (χ2n) is 10.2. The van der Waals surface area contributed by atoms with E-state index < -0.39 is 6.04 Å². The zero-order chi connectivity index (χ0) is 24.7. The van der Waals surface area contributed by atoms with E-state index in [1.165, 1.54) is 6.42 Å². The van der Waals surface area contributed by atoms with Crippen molar-refractivity contribution in [1.29, 1.82) is 0 Å². The minimum absolute atomic E-state index is 0.106. The maximum Gasteiger partial charge on any atom is 0.261 e. The molecule has 1 saturated carbocycles. The van der Waals surface area contributed by atoms with Gasteiger partial charge in [0.25, 0.3) is 5.91 Å². The summed E-state index contributed by atoms with van der Waals surface area (Å²) in [5, 5.41) is 3.17. The van der Waals surface area contributed by atoms with E-state index in [4.69, 9.17) is 4.74 Å². The fraction of sp³-hybridized carbons (Fsp3) is 0.500. The van der Waals surface area contributed by atoms with Crippen LogP contribution in [0.4, 0.5) is 0 Å². The van der Waals surface area contributed by atoms with E-state index in [2.05, 4.69) is 42.0 Å². The monoisotopic (exact) mass is 528 g/mol. The number of ether oxygens (including phenoxy) is 1. The van der Waals surface area contributed by atoms with Gasteiger partial charge in [-0.3, -0.25) is 9.59 Å². The second kappa shape index (κ2) is 11.9. The van der Waals surface area contributed by atoms with Gasteiger partial charge in [0.2, 0.25) is 5.91 Å². The molecule has 0 heterocycles. The van der Waals surface area contributed by atoms with Crippen molar-refractivity contribution in [2.45, 2.75) is 83.8 Å². The largest absolute Gasteiger partial charge is 0.483 e. The van der Waals surface area contributed by atoms with Crippen LogP contribution in [0.2, 0.25) is 0 Å². The Hall–Kier alpha value is -2.34. The molecular formula is C28H37BrN2O3. The van der Waals surface area contributed by atoms with Crippen LogP contribution in [0.15, 0.2) is 53.0 Å². The molecule has 2 aromatic rings. The summed E-state index contributed by atoms with van der Waals surface area (Å²) in [5.74, 6) is 0.380. The summed E-state index contributed by atoms with van der Waals surface area (Å²) in [6.45, 7) is 8.37. The summed E-state index contributed by atoms with van der Waals surface area (Å²) in [7, 11) is 0. The molecule has 1 N–H and O–H groups in total. The third kappa shape index (κ3) is 7.33. The fourth-order valence-corrected chi connectivity index (χ4v) is 4.86. The summed E-state index contributed by atoms with van der Waals surface area (Å²) < 4.78 is 6.95. The van der Waals surface area contributed by atoms with Gasteiger partial charge in [-0.1, -0.05) is 86.3 Å². The lowest BCUT2D eigenvalue weighted by molar-refractivity contribution is -0.142. The molecule has 1 fully saturated rings. The van der Waals surface area contributed by atoms with Gasteiger partial charge in [-0.2, -0.15) is 0 Å². The van der Waals surface area contributed by atoms with E-state index in [9.17, 15) is 9.59 Å². The molecule has 3 rings (SSSR count). The predicted molar refractivity (Wildman–Crippen MR) is 140 cm³/mol. The molecule has 2 aromatic carbocycles. The number of halogens is 1. The topological polar surface area (TPSA) is 58.6 Å². The molecular weight excluding hydrogens is 492 g/mol. The first-order valence-corrected chi connectivity index (χ1v) is 13.0. The first kappa shape index (κ1) is 26.3. The predicted octanol–water partition coefficient (Wildman–Crippen LogP) is 5.99. The van der Waals surface area contributed by atoms with Crippen molar-refractivity contribution >= 4 is 27.7 Å². The molecule has 0 spiro atoms. The van der Waals surface area contributed by atoms with E-state index in [1.807, 2.05) is 48.5 Å². The van der Waals surface area contributed by atoms with Gasteiger partial charge in [0.1, 0.15) is 11.8 Å². The van der Waals surface area contributed by atoms with Crippen molar-refractivity contribution in [3.63, 3.8) is 0 Å². The number of hydrogen-bond donors (Lipinski definition) is 1. The molecule has 184 valence electrons. The van der Waals surface area contributed by atoms with Crippen LogP contribution in [-0.2, 0) is 21.5 Å². The fourth-order valence-electron chi connectivity index (χ4n) is 4.42. The summed E-state index contributed by atoms with van der Waals surface area (Å²) >= 11 is 3.50. The molecule has 1 aliphatic carbocycles. The lowest BCUT2D eigenvalue weighted by Crippen LogP contribution is -2.51. The quantitative estimate of drug-likeness (QED) is 0.457. The van der Waals surface area contributed by atoms with E-state index in [1.54, 1.807) is 11.8 Å². The van der Waals surface area contributed by atoms with Crippen molar-refractivity contribution in [2.24, 2.45) is 0 Å². The Kier molecular flexibility index (Phi) is 9.17. The highest BCUT2D eigenvalue weighted by Gasteiger charge is 2.29. The number of benzene rings is 2. The molecule has 0 saturated heterocycles. The highest BCUT2D eigenvalue weighted by Crippen LogP contribution is 2.31. The minimum Gasteiger partial charge on any atom is -0.483 e. The number of para-hydroxylation sites is 1. The van der Waals surface area contributed by atoms with Crippen LogP contribution in [-0.4, -0.2) is 35.4 Å². The molecule has 34 heavy (non-hydrogen) atoms. The van der Waals surface area contributed by atoms with Crippen molar-refractivity contribution in [1.82, 2.24) is 10.2 Å². The van der Waals surface area contributed by atoms with Gasteiger partial charge in [-0.25, -0.2) is 0 Å². The summed E-state index contributed by atoms with van der Waals surface area (Å²) in [6.07, 6.45) is 5.51. The molecule has 0 bridgehead atoms. The van der Waals surface area contributed by atoms with E-state index in [0.717, 1.165) is 41.3 Å². The molecule has 1 aliphatic rings. The third-order valence-electron chi connectivity index (χ3n) is 6.41. The van der Waals surface area contributed by atoms with Gasteiger partial charge in [0.15, 0.2) is 6.61 Å². The standard InChI is InChI=1S/C28H37BrN2O3/c1-20(27(33)30-23-13-6-5-7-14-23)31(18-21-11-10-12-22(29)17-21)26(32)19-34-25-16-9-8-15-24(25)28(2,3)4/h8-12,15-17,20,23H,5-7,13-14,18-19H2,1-4H3,(H,30,33)/t20-/m0/s1. The lowest BCUT2D eigenvalue weighted by atomic mass is 9.86. The van der Waals surface area contributed by atoms with Gasteiger partial charge in [0.05, 0.1) is 0 Å². The molecule has 6 heteroatoms. The first-order chi connectivity index (χ1) is 16.1. The van der Waals surface area contributed by atoms with Gasteiger partial charge >= 0.3 is 0 Å². The number of carbonyl (C=O) groups is 2. The van der Waals surface area contributed by atoms with Crippen LogP contribution in [0, 0.1) is 0 Å². The van der Waals surface area contributed by atoms with Crippen molar-refractivity contribution in [3.05, 3.63) is 64.1 Å². The van der Waals surface area contributed by atoms with Gasteiger partial charge in [-0.15, -0.1) is 0 Å². The van der Waals surface area contributed by atoms with Gasteiger partial charge < -0.3 is 15.0 Å². The molecule has 5 nitrogen and oxygen atoms in total. The maximum absolute atomic E-state index is 13.4. The average Bonchev–Trinajstić information content (AvgIpc) is 2.81. The second-order valence-corrected chi connectivity index (χ2v) is 11.1. The number of hydrogen-bond acceptors (Lipinski definition) is 3. The Bertz CT molecular complexity index is 980. The summed E-state index contributed by atoms with van der Waals surface area (Å²) in [5.41, 5.74) is 1.89. The van der Waals surface area contributed by atoms with E-state index in [0.29, 0.717) is 12.3 Å². The zero-order valence-electron chi connectivity index (χ0n) is 20.8. The number of nitrogens with one attached hydrogen (secondary N) is 1. The summed E-state index contributed by atoms with van der Waals surface area (Å²) in [4.78, 5) is 28.2. The average molecular weight is 530 g/mol. The number of nitrogens with zero attached hydrogens (tertiary/aromatic N) is 1. The number of carbonyl (C=O) groups excluding carboxylic acids is 2. The highest BCUT2D eigenvalue weighted by molar-refractivity contribution is 9.10. The SMILES string of the molecule is C[C@@H](C(=O)NC1CCCCC1)N(Cc1cccc(Br)c1)C(=O)COc1ccccc1C(C)(C)C. The van der Waals surface area contributed by atoms with Crippen LogP contribution >= 0.6 is 15.9 Å². The molecule has 0 radical (unpaired) electrons. The Morgan fingerprint density at radius 1 is 1.09 bits per heavy atom. The zero-order valence-corrected chi connectivity index (χ0v) is 22.4. The molecule has 0 unspecified atom stereocenters. The smallest absolute Gasteiger partial charge is 0.261 e.